The molecule has 0 aliphatic rings. The summed E-state index contributed by atoms with van der Waals surface area (Å²) in [4.78, 5) is 29.3. The van der Waals surface area contributed by atoms with Crippen molar-refractivity contribution in [2.75, 3.05) is 19.0 Å². The highest BCUT2D eigenvalue weighted by Gasteiger charge is 2.16. The number of methoxy groups -OCH3 is 1. The molecule has 0 aromatic carbocycles. The molecule has 0 aliphatic heterocycles. The summed E-state index contributed by atoms with van der Waals surface area (Å²) in [6.45, 7) is -0.134. The molecule has 92 valence electrons. The van der Waals surface area contributed by atoms with E-state index in [2.05, 4.69) is 25.3 Å². The lowest BCUT2D eigenvalue weighted by molar-refractivity contribution is -0.147. The van der Waals surface area contributed by atoms with Crippen molar-refractivity contribution in [3.05, 3.63) is 18.7 Å². The van der Waals surface area contributed by atoms with Gasteiger partial charge >= 0.3 is 12.0 Å². The van der Waals surface area contributed by atoms with Gasteiger partial charge in [0.15, 0.2) is 6.10 Å². The Labute approximate surface area is 97.0 Å². The molecule has 1 aromatic heterocycles. The highest BCUT2D eigenvalue weighted by Crippen LogP contribution is 1.99. The Bertz CT molecular complexity index is 384. The quantitative estimate of drug-likeness (QED) is 0.651. The molecule has 0 bridgehead atoms. The Morgan fingerprint density at radius 1 is 1.47 bits per heavy atom. The lowest BCUT2D eigenvalue weighted by Crippen LogP contribution is -2.39. The smallest absolute Gasteiger partial charge is 0.334 e. The summed E-state index contributed by atoms with van der Waals surface area (Å²) in [5.41, 5.74) is 0.411. The molecule has 0 aliphatic carbocycles. The Balaban J connectivity index is 2.38. The number of ether oxygens (including phenoxy) is 1. The van der Waals surface area contributed by atoms with Crippen LogP contribution in [0.2, 0.25) is 0 Å². The summed E-state index contributed by atoms with van der Waals surface area (Å²) in [7, 11) is 1.25. The first-order chi connectivity index (χ1) is 8.13. The van der Waals surface area contributed by atoms with Crippen LogP contribution in [0, 0.1) is 0 Å². The third kappa shape index (κ3) is 4.43. The first-order valence-corrected chi connectivity index (χ1v) is 4.69. The number of carbonyl (C=O) groups is 2. The van der Waals surface area contributed by atoms with Crippen molar-refractivity contribution in [2.24, 2.45) is 0 Å². The van der Waals surface area contributed by atoms with Gasteiger partial charge in [-0.2, -0.15) is 0 Å². The standard InChI is InChI=1S/C9H12N4O4/c1-17-7(8(14)15)4-12-9(16)13-6-2-10-5-11-3-6/h2-3,5,7H,4H2,1H3,(H,14,15)(H2,12,13,16). The minimum atomic E-state index is -1.14. The van der Waals surface area contributed by atoms with Crippen LogP contribution in [0.25, 0.3) is 0 Å². The Kier molecular flexibility index (Phi) is 4.82. The van der Waals surface area contributed by atoms with Gasteiger partial charge in [-0.05, 0) is 0 Å². The second-order valence-electron chi connectivity index (χ2n) is 3.02. The van der Waals surface area contributed by atoms with Gasteiger partial charge in [0.25, 0.3) is 0 Å². The largest absolute Gasteiger partial charge is 0.479 e. The van der Waals surface area contributed by atoms with Crippen LogP contribution in [0.5, 0.6) is 0 Å². The van der Waals surface area contributed by atoms with Crippen LogP contribution >= 0.6 is 0 Å². The monoisotopic (exact) mass is 240 g/mol. The molecule has 0 radical (unpaired) electrons. The SMILES string of the molecule is COC(CNC(=O)Nc1cncnc1)C(=O)O. The maximum Gasteiger partial charge on any atom is 0.334 e. The minimum absolute atomic E-state index is 0.134. The summed E-state index contributed by atoms with van der Waals surface area (Å²) in [5, 5.41) is 13.4. The second-order valence-corrected chi connectivity index (χ2v) is 3.02. The Hall–Kier alpha value is -2.22. The number of urea groups is 1. The minimum Gasteiger partial charge on any atom is -0.479 e. The van der Waals surface area contributed by atoms with E-state index in [0.717, 1.165) is 0 Å². The maximum atomic E-state index is 11.3. The first-order valence-electron chi connectivity index (χ1n) is 4.69. The van der Waals surface area contributed by atoms with E-state index in [1.165, 1.54) is 25.8 Å². The molecule has 0 spiro atoms. The van der Waals surface area contributed by atoms with Gasteiger partial charge in [0.2, 0.25) is 0 Å². The second kappa shape index (κ2) is 6.38. The molecule has 0 saturated carbocycles. The van der Waals surface area contributed by atoms with E-state index in [9.17, 15) is 9.59 Å². The van der Waals surface area contributed by atoms with E-state index in [-0.39, 0.29) is 6.54 Å². The molecule has 1 heterocycles. The van der Waals surface area contributed by atoms with Crippen LogP contribution in [0.15, 0.2) is 18.7 Å². The number of carbonyl (C=O) groups excluding carboxylic acids is 1. The van der Waals surface area contributed by atoms with Gasteiger partial charge in [-0.1, -0.05) is 0 Å². The lowest BCUT2D eigenvalue weighted by atomic mass is 10.3. The summed E-state index contributed by atoms with van der Waals surface area (Å²) in [5.74, 6) is -1.14. The number of amides is 2. The van der Waals surface area contributed by atoms with Gasteiger partial charge in [-0.3, -0.25) is 0 Å². The average Bonchev–Trinajstić information content (AvgIpc) is 2.30. The van der Waals surface area contributed by atoms with Gasteiger partial charge in [0, 0.05) is 7.11 Å². The zero-order valence-corrected chi connectivity index (χ0v) is 9.08. The van der Waals surface area contributed by atoms with E-state index >= 15 is 0 Å². The highest BCUT2D eigenvalue weighted by molar-refractivity contribution is 5.89. The third-order valence-electron chi connectivity index (χ3n) is 1.83. The molecule has 8 heteroatoms. The molecule has 1 atom stereocenters. The number of aliphatic carboxylic acids is 1. The normalized spacial score (nSPS) is 11.6. The van der Waals surface area contributed by atoms with Crippen molar-refractivity contribution in [1.82, 2.24) is 15.3 Å². The molecule has 0 saturated heterocycles. The molecule has 1 unspecified atom stereocenters. The predicted molar refractivity (Wildman–Crippen MR) is 57.5 cm³/mol. The van der Waals surface area contributed by atoms with Crippen LogP contribution in [-0.4, -0.2) is 46.8 Å². The van der Waals surface area contributed by atoms with E-state index in [0.29, 0.717) is 5.69 Å². The van der Waals surface area contributed by atoms with E-state index in [1.54, 1.807) is 0 Å². The summed E-state index contributed by atoms with van der Waals surface area (Å²) in [6, 6.07) is -0.553. The Morgan fingerprint density at radius 3 is 2.65 bits per heavy atom. The van der Waals surface area contributed by atoms with Crippen LogP contribution < -0.4 is 10.6 Å². The van der Waals surface area contributed by atoms with Crippen LogP contribution in [0.4, 0.5) is 10.5 Å². The zero-order chi connectivity index (χ0) is 12.7. The van der Waals surface area contributed by atoms with Crippen molar-refractivity contribution < 1.29 is 19.4 Å². The predicted octanol–water partition coefficient (Wildman–Crippen LogP) is -0.302. The molecule has 1 aromatic rings. The summed E-state index contributed by atoms with van der Waals surface area (Å²) in [6.07, 6.45) is 3.08. The average molecular weight is 240 g/mol. The molecular weight excluding hydrogens is 228 g/mol. The number of nitrogens with zero attached hydrogens (tertiary/aromatic N) is 2. The van der Waals surface area contributed by atoms with Crippen LogP contribution in [0.3, 0.4) is 0 Å². The van der Waals surface area contributed by atoms with Gasteiger partial charge in [0.05, 0.1) is 24.6 Å². The summed E-state index contributed by atoms with van der Waals surface area (Å²) >= 11 is 0. The lowest BCUT2D eigenvalue weighted by Gasteiger charge is -2.11. The van der Waals surface area contributed by atoms with Gasteiger partial charge in [-0.15, -0.1) is 0 Å². The fraction of sp³-hybridized carbons (Fsp3) is 0.333. The van der Waals surface area contributed by atoms with E-state index in [4.69, 9.17) is 5.11 Å². The number of anilines is 1. The zero-order valence-electron chi connectivity index (χ0n) is 9.08. The molecule has 17 heavy (non-hydrogen) atoms. The molecule has 2 amide bonds. The van der Waals surface area contributed by atoms with Crippen molar-refractivity contribution in [2.45, 2.75) is 6.10 Å². The molecule has 1 rings (SSSR count). The van der Waals surface area contributed by atoms with Gasteiger partial charge in [-0.25, -0.2) is 19.6 Å². The fourth-order valence-electron chi connectivity index (χ4n) is 0.996. The number of hydrogen-bond acceptors (Lipinski definition) is 5. The van der Waals surface area contributed by atoms with Crippen molar-refractivity contribution in [1.29, 1.82) is 0 Å². The first kappa shape index (κ1) is 12.8. The van der Waals surface area contributed by atoms with Crippen molar-refractivity contribution in [3.8, 4) is 0 Å². The van der Waals surface area contributed by atoms with E-state index < -0.39 is 18.1 Å². The number of aromatic nitrogens is 2. The number of carboxylic acid groups (broad SMARTS) is 1. The maximum absolute atomic E-state index is 11.3. The van der Waals surface area contributed by atoms with Crippen molar-refractivity contribution in [3.63, 3.8) is 0 Å². The molecule has 8 nitrogen and oxygen atoms in total. The van der Waals surface area contributed by atoms with Gasteiger partial charge in [0.1, 0.15) is 6.33 Å². The Morgan fingerprint density at radius 2 is 2.12 bits per heavy atom. The summed E-state index contributed by atoms with van der Waals surface area (Å²) < 4.78 is 4.65. The number of nitrogens with one attached hydrogen (secondary N) is 2. The topological polar surface area (TPSA) is 113 Å². The number of rotatable bonds is 5. The molecule has 0 fully saturated rings. The van der Waals surface area contributed by atoms with Crippen LogP contribution in [-0.2, 0) is 9.53 Å². The fourth-order valence-corrected chi connectivity index (χ4v) is 0.996. The molecule has 3 N–H and O–H groups in total. The van der Waals surface area contributed by atoms with Gasteiger partial charge < -0.3 is 20.5 Å². The van der Waals surface area contributed by atoms with Crippen molar-refractivity contribution >= 4 is 17.7 Å². The molecular formula is C9H12N4O4. The highest BCUT2D eigenvalue weighted by atomic mass is 16.5. The number of carboxylic acids is 1. The number of hydrogen-bond donors (Lipinski definition) is 3. The third-order valence-corrected chi connectivity index (χ3v) is 1.83. The van der Waals surface area contributed by atoms with Crippen LogP contribution in [0.1, 0.15) is 0 Å². The van der Waals surface area contributed by atoms with E-state index in [1.807, 2.05) is 0 Å².